The van der Waals surface area contributed by atoms with Crippen LogP contribution in [0.15, 0.2) is 46.3 Å². The molecule has 0 saturated carbocycles. The van der Waals surface area contributed by atoms with Crippen LogP contribution >= 0.6 is 11.3 Å². The van der Waals surface area contributed by atoms with Gasteiger partial charge in [0.1, 0.15) is 17.2 Å². The Morgan fingerprint density at radius 2 is 2.00 bits per heavy atom. The van der Waals surface area contributed by atoms with Gasteiger partial charge in [0.05, 0.1) is 21.8 Å². The van der Waals surface area contributed by atoms with E-state index in [0.717, 1.165) is 6.34 Å². The van der Waals surface area contributed by atoms with Crippen molar-refractivity contribution in [2.45, 2.75) is 13.8 Å². The van der Waals surface area contributed by atoms with Crippen molar-refractivity contribution in [2.75, 3.05) is 7.05 Å². The molecule has 0 atom stereocenters. The lowest BCUT2D eigenvalue weighted by Crippen LogP contribution is -2.15. The number of allylic oxidation sites excluding steroid dienone is 2. The molecule has 0 radical (unpaired) electrons. The summed E-state index contributed by atoms with van der Waals surface area (Å²) < 4.78 is 0. The lowest BCUT2D eigenvalue weighted by atomic mass is 10.1. The molecule has 2 rings (SSSR count). The second kappa shape index (κ2) is 8.86. The zero-order valence-corrected chi connectivity index (χ0v) is 16.2. The van der Waals surface area contributed by atoms with E-state index in [1.807, 2.05) is 25.1 Å². The van der Waals surface area contributed by atoms with E-state index in [4.69, 9.17) is 27.6 Å². The highest BCUT2D eigenvalue weighted by molar-refractivity contribution is 7.15. The number of hydrogen-bond donors (Lipinski definition) is 4. The number of pyridine rings is 1. The van der Waals surface area contributed by atoms with Gasteiger partial charge in [0, 0.05) is 36.4 Å². The van der Waals surface area contributed by atoms with E-state index in [9.17, 15) is 0 Å². The van der Waals surface area contributed by atoms with Crippen LogP contribution in [0.25, 0.3) is 11.1 Å². The van der Waals surface area contributed by atoms with Crippen LogP contribution in [-0.2, 0) is 0 Å². The number of nitrogens with zero attached hydrogens (tertiary/aromatic N) is 4. The number of aliphatic imine (C=N–C) groups is 2. The third-order valence-electron chi connectivity index (χ3n) is 3.74. The molecular weight excluding hydrogens is 360 g/mol. The Hall–Kier alpha value is -3.33. The maximum Gasteiger partial charge on any atom is 0.144 e. The quantitative estimate of drug-likeness (QED) is 0.444. The molecule has 140 valence electrons. The molecule has 2 aromatic rings. The fourth-order valence-electron chi connectivity index (χ4n) is 2.39. The first-order valence-corrected chi connectivity index (χ1v) is 8.83. The van der Waals surface area contributed by atoms with Gasteiger partial charge < -0.3 is 17.2 Å². The zero-order valence-electron chi connectivity index (χ0n) is 15.4. The van der Waals surface area contributed by atoms with Gasteiger partial charge in [-0.1, -0.05) is 6.07 Å². The van der Waals surface area contributed by atoms with Gasteiger partial charge in [-0.2, -0.15) is 0 Å². The summed E-state index contributed by atoms with van der Waals surface area (Å²) in [6.45, 7) is 3.62. The number of aromatic nitrogens is 2. The summed E-state index contributed by atoms with van der Waals surface area (Å²) in [5.41, 5.74) is 21.9. The number of thiazole rings is 1. The average molecular weight is 382 g/mol. The summed E-state index contributed by atoms with van der Waals surface area (Å²) in [7, 11) is 1.67. The SMILES string of the molecule is CN=C(C)C(=CN)c1nc(C(=C(C)N)c2ccccn2)sc1C(N)=NC=N. The number of nitrogens with two attached hydrogens (primary N) is 3. The van der Waals surface area contributed by atoms with E-state index >= 15 is 0 Å². The van der Waals surface area contributed by atoms with Gasteiger partial charge in [-0.05, 0) is 26.0 Å². The number of rotatable bonds is 6. The first-order valence-electron chi connectivity index (χ1n) is 8.02. The number of amidine groups is 1. The maximum absolute atomic E-state index is 7.21. The molecule has 2 aromatic heterocycles. The van der Waals surface area contributed by atoms with Gasteiger partial charge in [-0.15, -0.1) is 11.3 Å². The second-order valence-electron chi connectivity index (χ2n) is 5.50. The van der Waals surface area contributed by atoms with E-state index in [2.05, 4.69) is 15.0 Å². The van der Waals surface area contributed by atoms with Crippen molar-refractivity contribution in [2.24, 2.45) is 27.2 Å². The molecule has 0 fully saturated rings. The first kappa shape index (κ1) is 20.0. The number of hydrogen-bond acceptors (Lipinski definition) is 7. The Kier molecular flexibility index (Phi) is 6.56. The maximum atomic E-state index is 7.21. The second-order valence-corrected chi connectivity index (χ2v) is 6.50. The first-order chi connectivity index (χ1) is 12.9. The van der Waals surface area contributed by atoms with E-state index in [1.165, 1.54) is 17.5 Å². The Bertz CT molecular complexity index is 947. The molecule has 0 aromatic carbocycles. The molecule has 8 nitrogen and oxygen atoms in total. The van der Waals surface area contributed by atoms with Crippen molar-refractivity contribution >= 4 is 40.4 Å². The van der Waals surface area contributed by atoms with E-state index in [0.29, 0.717) is 43.8 Å². The minimum absolute atomic E-state index is 0.169. The Morgan fingerprint density at radius 1 is 1.26 bits per heavy atom. The molecule has 0 saturated heterocycles. The summed E-state index contributed by atoms with van der Waals surface area (Å²) in [6.07, 6.45) is 4.01. The van der Waals surface area contributed by atoms with Crippen LogP contribution in [0.5, 0.6) is 0 Å². The summed E-state index contributed by atoms with van der Waals surface area (Å²) in [5.74, 6) is 0.169. The summed E-state index contributed by atoms with van der Waals surface area (Å²) in [6, 6.07) is 5.57. The molecule has 0 spiro atoms. The van der Waals surface area contributed by atoms with Crippen LogP contribution in [0.3, 0.4) is 0 Å². The Labute approximate surface area is 161 Å². The van der Waals surface area contributed by atoms with Gasteiger partial charge in [0.2, 0.25) is 0 Å². The molecule has 0 aliphatic rings. The van der Waals surface area contributed by atoms with Gasteiger partial charge in [0.15, 0.2) is 0 Å². The van der Waals surface area contributed by atoms with Crippen LogP contribution in [0.2, 0.25) is 0 Å². The minimum atomic E-state index is 0.169. The topological polar surface area (TPSA) is 152 Å². The van der Waals surface area contributed by atoms with Crippen molar-refractivity contribution in [3.8, 4) is 0 Å². The van der Waals surface area contributed by atoms with E-state index in [1.54, 1.807) is 20.2 Å². The molecule has 27 heavy (non-hydrogen) atoms. The fraction of sp³-hybridized carbons (Fsp3) is 0.167. The van der Waals surface area contributed by atoms with Crippen LogP contribution < -0.4 is 17.2 Å². The Morgan fingerprint density at radius 3 is 2.52 bits per heavy atom. The molecule has 2 heterocycles. The molecule has 7 N–H and O–H groups in total. The summed E-state index contributed by atoms with van der Waals surface area (Å²) >= 11 is 1.31. The lowest BCUT2D eigenvalue weighted by molar-refractivity contribution is 1.21. The van der Waals surface area contributed by atoms with Crippen molar-refractivity contribution in [3.63, 3.8) is 0 Å². The van der Waals surface area contributed by atoms with Crippen LogP contribution in [0.4, 0.5) is 0 Å². The van der Waals surface area contributed by atoms with E-state index in [-0.39, 0.29) is 5.84 Å². The fourth-order valence-corrected chi connectivity index (χ4v) is 3.50. The predicted octanol–water partition coefficient (Wildman–Crippen LogP) is 1.98. The smallest absolute Gasteiger partial charge is 0.144 e. The van der Waals surface area contributed by atoms with Crippen molar-refractivity contribution in [1.29, 1.82) is 5.41 Å². The highest BCUT2D eigenvalue weighted by Crippen LogP contribution is 2.33. The van der Waals surface area contributed by atoms with Gasteiger partial charge >= 0.3 is 0 Å². The molecular formula is C18H22N8S. The molecule has 0 unspecified atom stereocenters. The minimum Gasteiger partial charge on any atom is -0.404 e. The van der Waals surface area contributed by atoms with Crippen molar-refractivity contribution in [3.05, 3.63) is 57.6 Å². The molecule has 9 heteroatoms. The highest BCUT2D eigenvalue weighted by atomic mass is 32.1. The third kappa shape index (κ3) is 4.26. The van der Waals surface area contributed by atoms with Crippen LogP contribution in [0.1, 0.15) is 35.1 Å². The zero-order chi connectivity index (χ0) is 20.0. The average Bonchev–Trinajstić information content (AvgIpc) is 3.07. The largest absolute Gasteiger partial charge is 0.404 e. The van der Waals surface area contributed by atoms with Crippen LogP contribution in [0, 0.1) is 5.41 Å². The molecule has 0 aliphatic carbocycles. The lowest BCUT2D eigenvalue weighted by Gasteiger charge is -2.06. The van der Waals surface area contributed by atoms with Gasteiger partial charge in [-0.3, -0.25) is 15.4 Å². The predicted molar refractivity (Wildman–Crippen MR) is 113 cm³/mol. The normalized spacial score (nSPS) is 14.1. The highest BCUT2D eigenvalue weighted by Gasteiger charge is 2.23. The molecule has 0 aliphatic heterocycles. The molecule has 0 bridgehead atoms. The van der Waals surface area contributed by atoms with Gasteiger partial charge in [0.25, 0.3) is 0 Å². The van der Waals surface area contributed by atoms with Crippen molar-refractivity contribution < 1.29 is 0 Å². The standard InChI is InChI=1S/C18H22N8S/c1-10(21)14(13-6-4-5-7-24-13)18-26-15(12(8-19)11(2)23-3)16(27-18)17(22)25-9-20/h4-9H,19,21H2,1-3H3,(H3,20,22,25). The molecule has 0 amide bonds. The van der Waals surface area contributed by atoms with Gasteiger partial charge in [-0.25, -0.2) is 9.98 Å². The monoisotopic (exact) mass is 382 g/mol. The Balaban J connectivity index is 2.77. The summed E-state index contributed by atoms with van der Waals surface area (Å²) in [5, 5.41) is 7.84. The summed E-state index contributed by atoms with van der Waals surface area (Å²) in [4.78, 5) is 17.8. The van der Waals surface area contributed by atoms with Crippen molar-refractivity contribution in [1.82, 2.24) is 9.97 Å². The van der Waals surface area contributed by atoms with E-state index < -0.39 is 0 Å². The third-order valence-corrected chi connectivity index (χ3v) is 4.84. The number of nitrogens with one attached hydrogen (secondary N) is 1. The van der Waals surface area contributed by atoms with Crippen LogP contribution in [-0.4, -0.2) is 34.9 Å².